The van der Waals surface area contributed by atoms with E-state index < -0.39 is 10.0 Å². The van der Waals surface area contributed by atoms with E-state index in [2.05, 4.69) is 0 Å². The maximum absolute atomic E-state index is 12.7. The SMILES string of the molecule is CCN(C(=O)CCN(c1ccccc1)S(C)(=O)=O)c1cccc(C)c1. The number of hydrogen-bond donors (Lipinski definition) is 0. The Hall–Kier alpha value is -2.34. The van der Waals surface area contributed by atoms with Crippen LogP contribution >= 0.6 is 0 Å². The van der Waals surface area contributed by atoms with Gasteiger partial charge >= 0.3 is 0 Å². The van der Waals surface area contributed by atoms with Crippen molar-refractivity contribution in [3.05, 3.63) is 60.2 Å². The molecule has 0 spiro atoms. The van der Waals surface area contributed by atoms with Crippen molar-refractivity contribution in [1.82, 2.24) is 0 Å². The van der Waals surface area contributed by atoms with Crippen molar-refractivity contribution >= 4 is 27.3 Å². The Labute approximate surface area is 149 Å². The van der Waals surface area contributed by atoms with Gasteiger partial charge in [0.05, 0.1) is 11.9 Å². The summed E-state index contributed by atoms with van der Waals surface area (Å²) in [5.74, 6) is -0.0994. The Bertz CT molecular complexity index is 820. The van der Waals surface area contributed by atoms with Crippen molar-refractivity contribution in [1.29, 1.82) is 0 Å². The fourth-order valence-electron chi connectivity index (χ4n) is 2.71. The predicted octanol–water partition coefficient (Wildman–Crippen LogP) is 3.20. The summed E-state index contributed by atoms with van der Waals surface area (Å²) < 4.78 is 25.5. The van der Waals surface area contributed by atoms with Crippen LogP contribution in [0.25, 0.3) is 0 Å². The molecule has 0 saturated heterocycles. The van der Waals surface area contributed by atoms with Crippen LogP contribution in [-0.4, -0.2) is 33.7 Å². The minimum absolute atomic E-state index is 0.0994. The number of sulfonamides is 1. The average molecular weight is 360 g/mol. The molecule has 2 aromatic carbocycles. The van der Waals surface area contributed by atoms with Crippen molar-refractivity contribution in [2.75, 3.05) is 28.6 Å². The van der Waals surface area contributed by atoms with Gasteiger partial charge in [0, 0.05) is 25.2 Å². The monoisotopic (exact) mass is 360 g/mol. The standard InChI is InChI=1S/C19H24N2O3S/c1-4-20(18-12-8-9-16(2)15-18)19(22)13-14-21(25(3,23)24)17-10-6-5-7-11-17/h5-12,15H,4,13-14H2,1-3H3. The Morgan fingerprint density at radius 1 is 1.00 bits per heavy atom. The molecule has 0 aliphatic heterocycles. The molecule has 6 heteroatoms. The summed E-state index contributed by atoms with van der Waals surface area (Å²) in [5.41, 5.74) is 2.47. The molecule has 2 rings (SSSR count). The Balaban J connectivity index is 2.15. The molecule has 2 aromatic rings. The zero-order chi connectivity index (χ0) is 18.4. The van der Waals surface area contributed by atoms with Gasteiger partial charge in [0.15, 0.2) is 0 Å². The van der Waals surface area contributed by atoms with Crippen molar-refractivity contribution in [3.8, 4) is 0 Å². The van der Waals surface area contributed by atoms with Gasteiger partial charge < -0.3 is 4.90 Å². The smallest absolute Gasteiger partial charge is 0.232 e. The minimum Gasteiger partial charge on any atom is -0.313 e. The Morgan fingerprint density at radius 3 is 2.20 bits per heavy atom. The molecule has 1 amide bonds. The number of aryl methyl sites for hydroxylation is 1. The van der Waals surface area contributed by atoms with Crippen LogP contribution in [0.2, 0.25) is 0 Å². The first kappa shape index (κ1) is 19.0. The van der Waals surface area contributed by atoms with Crippen molar-refractivity contribution in [3.63, 3.8) is 0 Å². The molecule has 0 unspecified atom stereocenters. The fourth-order valence-corrected chi connectivity index (χ4v) is 3.64. The van der Waals surface area contributed by atoms with Crippen molar-refractivity contribution in [2.24, 2.45) is 0 Å². The predicted molar refractivity (Wildman–Crippen MR) is 102 cm³/mol. The van der Waals surface area contributed by atoms with Crippen molar-refractivity contribution < 1.29 is 13.2 Å². The highest BCUT2D eigenvalue weighted by molar-refractivity contribution is 7.92. The lowest BCUT2D eigenvalue weighted by molar-refractivity contribution is -0.118. The van der Waals surface area contributed by atoms with Crippen LogP contribution in [0.4, 0.5) is 11.4 Å². The first-order valence-electron chi connectivity index (χ1n) is 8.22. The molecular weight excluding hydrogens is 336 g/mol. The number of rotatable bonds is 7. The molecule has 0 radical (unpaired) electrons. The molecule has 0 N–H and O–H groups in total. The van der Waals surface area contributed by atoms with E-state index in [1.165, 1.54) is 4.31 Å². The summed E-state index contributed by atoms with van der Waals surface area (Å²) in [6.45, 7) is 4.53. The quantitative estimate of drug-likeness (QED) is 0.762. The van der Waals surface area contributed by atoms with E-state index in [1.807, 2.05) is 44.2 Å². The number of carbonyl (C=O) groups excluding carboxylic acids is 1. The van der Waals surface area contributed by atoms with Gasteiger partial charge in [-0.05, 0) is 43.7 Å². The van der Waals surface area contributed by atoms with Gasteiger partial charge in [-0.3, -0.25) is 9.10 Å². The molecule has 0 aromatic heterocycles. The topological polar surface area (TPSA) is 57.7 Å². The number of carbonyl (C=O) groups is 1. The number of hydrogen-bond acceptors (Lipinski definition) is 3. The maximum Gasteiger partial charge on any atom is 0.232 e. The molecule has 134 valence electrons. The highest BCUT2D eigenvalue weighted by Gasteiger charge is 2.21. The summed E-state index contributed by atoms with van der Waals surface area (Å²) in [6, 6.07) is 16.6. The first-order valence-corrected chi connectivity index (χ1v) is 10.1. The van der Waals surface area contributed by atoms with Crippen LogP contribution in [0.15, 0.2) is 54.6 Å². The zero-order valence-corrected chi connectivity index (χ0v) is 15.7. The van der Waals surface area contributed by atoms with Gasteiger partial charge in [0.2, 0.25) is 15.9 Å². The molecule has 0 saturated carbocycles. The number of amides is 1. The third kappa shape index (κ3) is 5.06. The van der Waals surface area contributed by atoms with Gasteiger partial charge in [0.25, 0.3) is 0 Å². The average Bonchev–Trinajstić information content (AvgIpc) is 2.55. The molecule has 0 heterocycles. The fraction of sp³-hybridized carbons (Fsp3) is 0.316. The summed E-state index contributed by atoms with van der Waals surface area (Å²) in [4.78, 5) is 14.3. The third-order valence-electron chi connectivity index (χ3n) is 3.90. The second kappa shape index (κ2) is 8.16. The second-order valence-corrected chi connectivity index (χ2v) is 7.80. The normalized spacial score (nSPS) is 11.2. The van der Waals surface area contributed by atoms with Gasteiger partial charge in [-0.25, -0.2) is 8.42 Å². The van der Waals surface area contributed by atoms with E-state index in [1.54, 1.807) is 29.2 Å². The van der Waals surface area contributed by atoms with Crippen LogP contribution in [-0.2, 0) is 14.8 Å². The minimum atomic E-state index is -3.45. The lowest BCUT2D eigenvalue weighted by Gasteiger charge is -2.25. The van der Waals surface area contributed by atoms with Crippen LogP contribution in [0.3, 0.4) is 0 Å². The molecule has 5 nitrogen and oxygen atoms in total. The summed E-state index contributed by atoms with van der Waals surface area (Å²) >= 11 is 0. The highest BCUT2D eigenvalue weighted by Crippen LogP contribution is 2.20. The van der Waals surface area contributed by atoms with Crippen LogP contribution in [0.1, 0.15) is 18.9 Å². The van der Waals surface area contributed by atoms with E-state index in [4.69, 9.17) is 0 Å². The van der Waals surface area contributed by atoms with E-state index in [-0.39, 0.29) is 18.9 Å². The van der Waals surface area contributed by atoms with Gasteiger partial charge in [-0.2, -0.15) is 0 Å². The number of para-hydroxylation sites is 1. The molecule has 0 fully saturated rings. The number of benzene rings is 2. The van der Waals surface area contributed by atoms with Gasteiger partial charge in [0.1, 0.15) is 0 Å². The maximum atomic E-state index is 12.7. The number of nitrogens with zero attached hydrogens (tertiary/aromatic N) is 2. The highest BCUT2D eigenvalue weighted by atomic mass is 32.2. The molecule has 0 aliphatic carbocycles. The van der Waals surface area contributed by atoms with Crippen molar-refractivity contribution in [2.45, 2.75) is 20.3 Å². The molecule has 0 aliphatic rings. The first-order chi connectivity index (χ1) is 11.8. The Morgan fingerprint density at radius 2 is 1.64 bits per heavy atom. The van der Waals surface area contributed by atoms with E-state index in [0.29, 0.717) is 12.2 Å². The van der Waals surface area contributed by atoms with Crippen LogP contribution in [0.5, 0.6) is 0 Å². The van der Waals surface area contributed by atoms with Crippen LogP contribution in [0, 0.1) is 6.92 Å². The van der Waals surface area contributed by atoms with E-state index in [9.17, 15) is 13.2 Å². The molecule has 25 heavy (non-hydrogen) atoms. The van der Waals surface area contributed by atoms with E-state index in [0.717, 1.165) is 17.5 Å². The molecule has 0 bridgehead atoms. The number of anilines is 2. The van der Waals surface area contributed by atoms with Gasteiger partial charge in [-0.1, -0.05) is 30.3 Å². The summed E-state index contributed by atoms with van der Waals surface area (Å²) in [5, 5.41) is 0. The summed E-state index contributed by atoms with van der Waals surface area (Å²) in [6.07, 6.45) is 1.27. The lowest BCUT2D eigenvalue weighted by atomic mass is 10.2. The van der Waals surface area contributed by atoms with Gasteiger partial charge in [-0.15, -0.1) is 0 Å². The van der Waals surface area contributed by atoms with Crippen LogP contribution < -0.4 is 9.21 Å². The largest absolute Gasteiger partial charge is 0.313 e. The second-order valence-electron chi connectivity index (χ2n) is 5.90. The summed E-state index contributed by atoms with van der Waals surface area (Å²) in [7, 11) is -3.45. The zero-order valence-electron chi connectivity index (χ0n) is 14.8. The molecule has 0 atom stereocenters. The van der Waals surface area contributed by atoms with E-state index >= 15 is 0 Å². The Kier molecular flexibility index (Phi) is 6.20. The molecular formula is C19H24N2O3S. The lowest BCUT2D eigenvalue weighted by Crippen LogP contribution is -2.36. The third-order valence-corrected chi connectivity index (χ3v) is 5.10.